The van der Waals surface area contributed by atoms with Gasteiger partial charge in [-0.1, -0.05) is 13.8 Å². The van der Waals surface area contributed by atoms with Gasteiger partial charge in [-0.05, 0) is 36.5 Å². The van der Waals surface area contributed by atoms with E-state index in [-0.39, 0.29) is 0 Å². The van der Waals surface area contributed by atoms with Crippen LogP contribution < -0.4 is 11.1 Å². The second kappa shape index (κ2) is 2.96. The van der Waals surface area contributed by atoms with E-state index < -0.39 is 0 Å². The summed E-state index contributed by atoms with van der Waals surface area (Å²) in [4.78, 5) is 0. The average molecular weight is 182 g/mol. The molecule has 0 aromatic heterocycles. The highest BCUT2D eigenvalue weighted by Crippen LogP contribution is 2.47. The first-order valence-electron chi connectivity index (χ1n) is 5.51. The highest BCUT2D eigenvalue weighted by molar-refractivity contribution is 5.01. The molecule has 0 aromatic carbocycles. The Hall–Kier alpha value is -0.0800. The molecule has 1 aliphatic heterocycles. The smallest absolute Gasteiger partial charge is 0.0234 e. The molecular weight excluding hydrogens is 160 g/mol. The SMILES string of the molecule is CC1(C)CCC2(CC1)CNCC2N. The van der Waals surface area contributed by atoms with E-state index in [0.29, 0.717) is 16.9 Å². The topological polar surface area (TPSA) is 38.0 Å². The van der Waals surface area contributed by atoms with E-state index in [4.69, 9.17) is 5.73 Å². The number of hydrogen-bond acceptors (Lipinski definition) is 2. The van der Waals surface area contributed by atoms with Crippen LogP contribution in [0.15, 0.2) is 0 Å². The maximum atomic E-state index is 6.17. The van der Waals surface area contributed by atoms with Gasteiger partial charge in [0.2, 0.25) is 0 Å². The zero-order valence-electron chi connectivity index (χ0n) is 8.90. The summed E-state index contributed by atoms with van der Waals surface area (Å²) in [5.41, 5.74) is 7.19. The van der Waals surface area contributed by atoms with E-state index >= 15 is 0 Å². The second-order valence-corrected chi connectivity index (χ2v) is 5.76. The summed E-state index contributed by atoms with van der Waals surface area (Å²) < 4.78 is 0. The molecule has 0 radical (unpaired) electrons. The van der Waals surface area contributed by atoms with Crippen molar-refractivity contribution >= 4 is 0 Å². The van der Waals surface area contributed by atoms with Gasteiger partial charge in [0.1, 0.15) is 0 Å². The van der Waals surface area contributed by atoms with Crippen LogP contribution in [0.2, 0.25) is 0 Å². The van der Waals surface area contributed by atoms with E-state index in [1.807, 2.05) is 0 Å². The van der Waals surface area contributed by atoms with Crippen LogP contribution in [0.5, 0.6) is 0 Å². The average Bonchev–Trinajstić information content (AvgIpc) is 2.41. The van der Waals surface area contributed by atoms with E-state index in [0.717, 1.165) is 13.1 Å². The molecule has 13 heavy (non-hydrogen) atoms. The molecule has 1 saturated heterocycles. The Bertz CT molecular complexity index is 188. The van der Waals surface area contributed by atoms with E-state index in [1.54, 1.807) is 0 Å². The number of nitrogens with two attached hydrogens (primary N) is 1. The first-order valence-corrected chi connectivity index (χ1v) is 5.51. The fourth-order valence-corrected chi connectivity index (χ4v) is 2.80. The molecule has 2 aliphatic rings. The largest absolute Gasteiger partial charge is 0.326 e. The Morgan fingerprint density at radius 3 is 2.23 bits per heavy atom. The van der Waals surface area contributed by atoms with Gasteiger partial charge in [0, 0.05) is 19.1 Å². The molecule has 1 aliphatic carbocycles. The van der Waals surface area contributed by atoms with Crippen molar-refractivity contribution in [3.63, 3.8) is 0 Å². The van der Waals surface area contributed by atoms with Gasteiger partial charge in [-0.25, -0.2) is 0 Å². The Balaban J connectivity index is 2.04. The van der Waals surface area contributed by atoms with Crippen LogP contribution in [0.4, 0.5) is 0 Å². The first kappa shape index (κ1) is 9.47. The monoisotopic (exact) mass is 182 g/mol. The summed E-state index contributed by atoms with van der Waals surface area (Å²) in [6.07, 6.45) is 5.35. The zero-order chi connectivity index (χ0) is 9.53. The molecule has 2 nitrogen and oxygen atoms in total. The summed E-state index contributed by atoms with van der Waals surface area (Å²) in [6.45, 7) is 6.95. The van der Waals surface area contributed by atoms with Crippen molar-refractivity contribution in [1.29, 1.82) is 0 Å². The van der Waals surface area contributed by atoms with Gasteiger partial charge < -0.3 is 11.1 Å². The molecule has 1 atom stereocenters. The van der Waals surface area contributed by atoms with Gasteiger partial charge in [0.15, 0.2) is 0 Å². The minimum atomic E-state index is 0.406. The maximum absolute atomic E-state index is 6.17. The van der Waals surface area contributed by atoms with Crippen molar-refractivity contribution in [3.05, 3.63) is 0 Å². The number of nitrogens with one attached hydrogen (secondary N) is 1. The summed E-state index contributed by atoms with van der Waals surface area (Å²) in [5, 5.41) is 3.43. The van der Waals surface area contributed by atoms with Crippen LogP contribution in [-0.4, -0.2) is 19.1 Å². The maximum Gasteiger partial charge on any atom is 0.0234 e. The summed E-state index contributed by atoms with van der Waals surface area (Å²) in [6, 6.07) is 0.406. The minimum absolute atomic E-state index is 0.406. The summed E-state index contributed by atoms with van der Waals surface area (Å²) in [7, 11) is 0. The van der Waals surface area contributed by atoms with Gasteiger partial charge in [-0.15, -0.1) is 0 Å². The number of hydrogen-bond donors (Lipinski definition) is 2. The quantitative estimate of drug-likeness (QED) is 0.596. The molecule has 76 valence electrons. The predicted octanol–water partition coefficient (Wildman–Crippen LogP) is 1.50. The van der Waals surface area contributed by atoms with Crippen molar-refractivity contribution < 1.29 is 0 Å². The van der Waals surface area contributed by atoms with Crippen LogP contribution >= 0.6 is 0 Å². The van der Waals surface area contributed by atoms with Crippen molar-refractivity contribution in [2.75, 3.05) is 13.1 Å². The molecule has 1 saturated carbocycles. The van der Waals surface area contributed by atoms with Crippen LogP contribution in [0.25, 0.3) is 0 Å². The molecule has 0 aromatic rings. The minimum Gasteiger partial charge on any atom is -0.326 e. The van der Waals surface area contributed by atoms with Crippen molar-refractivity contribution in [3.8, 4) is 0 Å². The van der Waals surface area contributed by atoms with Crippen LogP contribution in [0.3, 0.4) is 0 Å². The summed E-state index contributed by atoms with van der Waals surface area (Å²) >= 11 is 0. The number of rotatable bonds is 0. The third-order valence-electron chi connectivity index (χ3n) is 4.23. The fourth-order valence-electron chi connectivity index (χ4n) is 2.80. The van der Waals surface area contributed by atoms with Gasteiger partial charge in [-0.2, -0.15) is 0 Å². The highest BCUT2D eigenvalue weighted by Gasteiger charge is 2.44. The van der Waals surface area contributed by atoms with E-state index in [1.165, 1.54) is 25.7 Å². The van der Waals surface area contributed by atoms with Crippen LogP contribution in [0.1, 0.15) is 39.5 Å². The third kappa shape index (κ3) is 1.62. The van der Waals surface area contributed by atoms with E-state index in [2.05, 4.69) is 19.2 Å². The molecule has 1 heterocycles. The van der Waals surface area contributed by atoms with Crippen LogP contribution in [0, 0.1) is 10.8 Å². The first-order chi connectivity index (χ1) is 6.04. The van der Waals surface area contributed by atoms with Gasteiger partial charge in [0.25, 0.3) is 0 Å². The lowest BCUT2D eigenvalue weighted by Gasteiger charge is -2.43. The molecular formula is C11H22N2. The summed E-state index contributed by atoms with van der Waals surface area (Å²) in [5.74, 6) is 0. The van der Waals surface area contributed by atoms with Gasteiger partial charge in [-0.3, -0.25) is 0 Å². The lowest BCUT2D eigenvalue weighted by atomic mass is 9.63. The lowest BCUT2D eigenvalue weighted by Crippen LogP contribution is -2.44. The Kier molecular flexibility index (Phi) is 2.16. The molecule has 2 fully saturated rings. The Morgan fingerprint density at radius 2 is 1.77 bits per heavy atom. The fraction of sp³-hybridized carbons (Fsp3) is 1.00. The van der Waals surface area contributed by atoms with Crippen molar-refractivity contribution in [2.24, 2.45) is 16.6 Å². The highest BCUT2D eigenvalue weighted by atomic mass is 15.0. The normalized spacial score (nSPS) is 36.7. The molecule has 3 N–H and O–H groups in total. The van der Waals surface area contributed by atoms with Gasteiger partial charge >= 0.3 is 0 Å². The molecule has 1 spiro atoms. The zero-order valence-corrected chi connectivity index (χ0v) is 8.90. The molecule has 2 heteroatoms. The Labute approximate surface area is 81.3 Å². The van der Waals surface area contributed by atoms with Crippen molar-refractivity contribution in [1.82, 2.24) is 5.32 Å². The van der Waals surface area contributed by atoms with Gasteiger partial charge in [0.05, 0.1) is 0 Å². The predicted molar refractivity (Wildman–Crippen MR) is 55.5 cm³/mol. The second-order valence-electron chi connectivity index (χ2n) is 5.76. The third-order valence-corrected chi connectivity index (χ3v) is 4.23. The molecule has 0 amide bonds. The van der Waals surface area contributed by atoms with E-state index in [9.17, 15) is 0 Å². The standard InChI is InChI=1S/C11H22N2/c1-10(2)3-5-11(6-4-10)8-13-7-9(11)12/h9,13H,3-8,12H2,1-2H3. The molecule has 2 rings (SSSR count). The van der Waals surface area contributed by atoms with Crippen LogP contribution in [-0.2, 0) is 0 Å². The Morgan fingerprint density at radius 1 is 1.15 bits per heavy atom. The lowest BCUT2D eigenvalue weighted by molar-refractivity contribution is 0.105. The van der Waals surface area contributed by atoms with Crippen molar-refractivity contribution in [2.45, 2.75) is 45.6 Å². The molecule has 0 bridgehead atoms. The molecule has 1 unspecified atom stereocenters.